The van der Waals surface area contributed by atoms with E-state index in [1.165, 1.54) is 0 Å². The summed E-state index contributed by atoms with van der Waals surface area (Å²) in [7, 11) is 0. The number of nitrogens with one attached hydrogen (secondary N) is 1. The number of fused-ring (bicyclic) bond motifs is 1. The first-order chi connectivity index (χ1) is 9.08. The Morgan fingerprint density at radius 2 is 2.32 bits per heavy atom. The van der Waals surface area contributed by atoms with Crippen molar-refractivity contribution in [1.82, 2.24) is 14.7 Å². The van der Waals surface area contributed by atoms with E-state index in [9.17, 15) is 4.79 Å². The van der Waals surface area contributed by atoms with Crippen molar-refractivity contribution in [3.05, 3.63) is 35.8 Å². The number of hydrogen-bond donors (Lipinski definition) is 2. The number of aliphatic hydroxyl groups is 1. The lowest BCUT2D eigenvalue weighted by molar-refractivity contribution is -0.121. The first-order valence-corrected chi connectivity index (χ1v) is 6.45. The van der Waals surface area contributed by atoms with Crippen molar-refractivity contribution in [2.75, 3.05) is 6.54 Å². The van der Waals surface area contributed by atoms with Crippen LogP contribution in [-0.2, 0) is 11.2 Å². The first-order valence-electron chi connectivity index (χ1n) is 6.45. The molecule has 1 atom stereocenters. The molecule has 0 aliphatic heterocycles. The average Bonchev–Trinajstić information content (AvgIpc) is 2.69. The van der Waals surface area contributed by atoms with Gasteiger partial charge < -0.3 is 14.8 Å². The minimum Gasteiger partial charge on any atom is -0.392 e. The second kappa shape index (κ2) is 5.84. The van der Waals surface area contributed by atoms with Gasteiger partial charge in [-0.15, -0.1) is 0 Å². The maximum Gasteiger partial charge on any atom is 0.220 e. The van der Waals surface area contributed by atoms with E-state index >= 15 is 0 Å². The molecule has 0 aliphatic rings. The molecule has 1 unspecified atom stereocenters. The molecular formula is C14H19N3O2. The van der Waals surface area contributed by atoms with Gasteiger partial charge in [0.25, 0.3) is 0 Å². The van der Waals surface area contributed by atoms with E-state index in [1.807, 2.05) is 35.7 Å². The van der Waals surface area contributed by atoms with Crippen molar-refractivity contribution in [1.29, 1.82) is 0 Å². The lowest BCUT2D eigenvalue weighted by atomic mass is 10.2. The summed E-state index contributed by atoms with van der Waals surface area (Å²) < 4.78 is 2.01. The summed E-state index contributed by atoms with van der Waals surface area (Å²) in [5.41, 5.74) is 2.91. The van der Waals surface area contributed by atoms with Crippen LogP contribution in [-0.4, -0.2) is 33.0 Å². The van der Waals surface area contributed by atoms with Crippen molar-refractivity contribution < 1.29 is 9.90 Å². The number of nitrogens with zero attached hydrogens (tertiary/aromatic N) is 2. The second-order valence-electron chi connectivity index (χ2n) is 4.73. The van der Waals surface area contributed by atoms with Crippen molar-refractivity contribution in [2.24, 2.45) is 0 Å². The number of aromatic nitrogens is 2. The highest BCUT2D eigenvalue weighted by Crippen LogP contribution is 2.13. The van der Waals surface area contributed by atoms with E-state index in [0.29, 0.717) is 19.4 Å². The van der Waals surface area contributed by atoms with E-state index in [1.54, 1.807) is 6.92 Å². The third kappa shape index (κ3) is 3.32. The minimum atomic E-state index is -0.513. The lowest BCUT2D eigenvalue weighted by Crippen LogP contribution is -2.30. The van der Waals surface area contributed by atoms with Gasteiger partial charge in [0.2, 0.25) is 5.91 Å². The highest BCUT2D eigenvalue weighted by atomic mass is 16.3. The van der Waals surface area contributed by atoms with Gasteiger partial charge in [-0.25, -0.2) is 4.98 Å². The van der Waals surface area contributed by atoms with Gasteiger partial charge in [0.15, 0.2) is 0 Å². The fourth-order valence-corrected chi connectivity index (χ4v) is 2.05. The summed E-state index contributed by atoms with van der Waals surface area (Å²) in [6.07, 6.45) is 2.48. The predicted octanol–water partition coefficient (Wildman–Crippen LogP) is 1.07. The molecule has 5 heteroatoms. The van der Waals surface area contributed by atoms with Crippen molar-refractivity contribution in [3.63, 3.8) is 0 Å². The molecule has 0 spiro atoms. The molecule has 2 aromatic rings. The van der Waals surface area contributed by atoms with Crippen molar-refractivity contribution >= 4 is 11.6 Å². The molecule has 2 heterocycles. The Morgan fingerprint density at radius 1 is 1.53 bits per heavy atom. The predicted molar refractivity (Wildman–Crippen MR) is 72.9 cm³/mol. The number of rotatable bonds is 5. The zero-order valence-electron chi connectivity index (χ0n) is 11.3. The Balaban J connectivity index is 2.01. The Morgan fingerprint density at radius 3 is 3.05 bits per heavy atom. The number of carbonyl (C=O) groups is 1. The molecule has 1 amide bonds. The third-order valence-corrected chi connectivity index (χ3v) is 3.01. The van der Waals surface area contributed by atoms with E-state index in [-0.39, 0.29) is 5.91 Å². The molecule has 5 nitrogen and oxygen atoms in total. The maximum atomic E-state index is 11.6. The SMILES string of the molecule is Cc1nc2ccccn2c1CCC(=O)NCC(C)O. The van der Waals surface area contributed by atoms with Crippen LogP contribution in [0.3, 0.4) is 0 Å². The smallest absolute Gasteiger partial charge is 0.220 e. The molecule has 0 bridgehead atoms. The largest absolute Gasteiger partial charge is 0.392 e. The number of aryl methyl sites for hydroxylation is 2. The number of aliphatic hydroxyl groups excluding tert-OH is 1. The van der Waals surface area contributed by atoms with Crippen LogP contribution in [0.15, 0.2) is 24.4 Å². The monoisotopic (exact) mass is 261 g/mol. The van der Waals surface area contributed by atoms with Crippen LogP contribution in [0.1, 0.15) is 24.7 Å². The molecular weight excluding hydrogens is 242 g/mol. The van der Waals surface area contributed by atoms with Crippen LogP contribution >= 0.6 is 0 Å². The molecule has 2 N–H and O–H groups in total. The Hall–Kier alpha value is -1.88. The van der Waals surface area contributed by atoms with Gasteiger partial charge in [0.1, 0.15) is 5.65 Å². The number of pyridine rings is 1. The van der Waals surface area contributed by atoms with Gasteiger partial charge in [-0.1, -0.05) is 6.07 Å². The summed E-state index contributed by atoms with van der Waals surface area (Å²) in [5.74, 6) is -0.0498. The summed E-state index contributed by atoms with van der Waals surface area (Å²) in [5, 5.41) is 11.8. The first kappa shape index (κ1) is 13.5. The van der Waals surface area contributed by atoms with E-state index < -0.39 is 6.10 Å². The van der Waals surface area contributed by atoms with Gasteiger partial charge in [-0.2, -0.15) is 0 Å². The molecule has 0 fully saturated rings. The Kier molecular flexibility index (Phi) is 4.16. The van der Waals surface area contributed by atoms with Crippen LogP contribution in [0.5, 0.6) is 0 Å². The van der Waals surface area contributed by atoms with Gasteiger partial charge in [0, 0.05) is 24.9 Å². The number of carbonyl (C=O) groups excluding carboxylic acids is 1. The third-order valence-electron chi connectivity index (χ3n) is 3.01. The second-order valence-corrected chi connectivity index (χ2v) is 4.73. The van der Waals surface area contributed by atoms with Gasteiger partial charge >= 0.3 is 0 Å². The summed E-state index contributed by atoms with van der Waals surface area (Å²) in [4.78, 5) is 16.1. The molecule has 19 heavy (non-hydrogen) atoms. The molecule has 2 aromatic heterocycles. The molecule has 0 saturated heterocycles. The number of imidazole rings is 1. The fraction of sp³-hybridized carbons (Fsp3) is 0.429. The van der Waals surface area contributed by atoms with Crippen LogP contribution in [0, 0.1) is 6.92 Å². The standard InChI is InChI=1S/C14H19N3O2/c1-10(18)9-15-14(19)7-6-12-11(2)16-13-5-3-4-8-17(12)13/h3-5,8,10,18H,6-7,9H2,1-2H3,(H,15,19). The lowest BCUT2D eigenvalue weighted by Gasteiger charge is -2.07. The highest BCUT2D eigenvalue weighted by molar-refractivity contribution is 5.76. The molecule has 0 saturated carbocycles. The van der Waals surface area contributed by atoms with Crippen molar-refractivity contribution in [2.45, 2.75) is 32.8 Å². The molecule has 102 valence electrons. The Labute approximate surface area is 112 Å². The maximum absolute atomic E-state index is 11.6. The average molecular weight is 261 g/mol. The van der Waals surface area contributed by atoms with E-state index in [2.05, 4.69) is 10.3 Å². The molecule has 2 rings (SSSR count). The van der Waals surface area contributed by atoms with Crippen LogP contribution < -0.4 is 5.32 Å². The molecule has 0 radical (unpaired) electrons. The zero-order chi connectivity index (χ0) is 13.8. The van der Waals surface area contributed by atoms with Crippen molar-refractivity contribution in [3.8, 4) is 0 Å². The summed E-state index contributed by atoms with van der Waals surface area (Å²) >= 11 is 0. The summed E-state index contributed by atoms with van der Waals surface area (Å²) in [6, 6.07) is 5.84. The van der Waals surface area contributed by atoms with E-state index in [0.717, 1.165) is 17.0 Å². The quantitative estimate of drug-likeness (QED) is 0.846. The normalized spacial score (nSPS) is 12.6. The van der Waals surface area contributed by atoms with Gasteiger partial charge in [-0.05, 0) is 32.4 Å². The topological polar surface area (TPSA) is 66.6 Å². The summed E-state index contributed by atoms with van der Waals surface area (Å²) in [6.45, 7) is 3.90. The van der Waals surface area contributed by atoms with Gasteiger partial charge in [0.05, 0.1) is 11.8 Å². The Bertz CT molecular complexity index is 575. The zero-order valence-corrected chi connectivity index (χ0v) is 11.3. The van der Waals surface area contributed by atoms with Crippen LogP contribution in [0.25, 0.3) is 5.65 Å². The molecule has 0 aromatic carbocycles. The molecule has 0 aliphatic carbocycles. The van der Waals surface area contributed by atoms with Crippen LogP contribution in [0.2, 0.25) is 0 Å². The highest BCUT2D eigenvalue weighted by Gasteiger charge is 2.10. The minimum absolute atomic E-state index is 0.0498. The van der Waals surface area contributed by atoms with Gasteiger partial charge in [-0.3, -0.25) is 4.79 Å². The van der Waals surface area contributed by atoms with Crippen LogP contribution in [0.4, 0.5) is 0 Å². The number of hydrogen-bond acceptors (Lipinski definition) is 3. The fourth-order valence-electron chi connectivity index (χ4n) is 2.05. The number of amides is 1. The van der Waals surface area contributed by atoms with E-state index in [4.69, 9.17) is 5.11 Å².